The Morgan fingerprint density at radius 2 is 1.85 bits per heavy atom. The van der Waals surface area contributed by atoms with Gasteiger partial charge < -0.3 is 0 Å². The summed E-state index contributed by atoms with van der Waals surface area (Å²) in [5.41, 5.74) is 0. The lowest BCUT2D eigenvalue weighted by atomic mass is 9.77. The van der Waals surface area contributed by atoms with Crippen LogP contribution >= 0.6 is 15.9 Å². The molecule has 0 nitrogen and oxygen atoms in total. The lowest BCUT2D eigenvalue weighted by molar-refractivity contribution is 0.230. The standard InChI is InChI=1S/C12H23Br/c1-2-6-11(9-10-13)12-7-4-3-5-8-12/h11-12H,2-10H2,1H3/t11-/m1/s1. The zero-order valence-corrected chi connectivity index (χ0v) is 10.5. The van der Waals surface area contributed by atoms with Crippen molar-refractivity contribution in [3.05, 3.63) is 0 Å². The van der Waals surface area contributed by atoms with Crippen LogP contribution in [0.2, 0.25) is 0 Å². The van der Waals surface area contributed by atoms with Gasteiger partial charge in [0.2, 0.25) is 0 Å². The summed E-state index contributed by atoms with van der Waals surface area (Å²) in [5, 5.41) is 1.20. The Morgan fingerprint density at radius 1 is 1.15 bits per heavy atom. The molecule has 0 amide bonds. The smallest absolute Gasteiger partial charge is 0.00340 e. The molecule has 0 spiro atoms. The summed E-state index contributed by atoms with van der Waals surface area (Å²) in [4.78, 5) is 0. The van der Waals surface area contributed by atoms with Crippen molar-refractivity contribution >= 4 is 15.9 Å². The van der Waals surface area contributed by atoms with E-state index in [1.165, 1.54) is 56.7 Å². The first kappa shape index (κ1) is 11.6. The van der Waals surface area contributed by atoms with Gasteiger partial charge in [0.1, 0.15) is 0 Å². The van der Waals surface area contributed by atoms with E-state index in [2.05, 4.69) is 22.9 Å². The van der Waals surface area contributed by atoms with E-state index in [4.69, 9.17) is 0 Å². The molecule has 1 saturated carbocycles. The Bertz CT molecular complexity index is 110. The molecule has 0 N–H and O–H groups in total. The zero-order valence-electron chi connectivity index (χ0n) is 8.90. The Morgan fingerprint density at radius 3 is 2.38 bits per heavy atom. The van der Waals surface area contributed by atoms with E-state index >= 15 is 0 Å². The number of hydrogen-bond acceptors (Lipinski definition) is 0. The van der Waals surface area contributed by atoms with Crippen LogP contribution in [0.3, 0.4) is 0 Å². The van der Waals surface area contributed by atoms with Gasteiger partial charge in [-0.25, -0.2) is 0 Å². The van der Waals surface area contributed by atoms with Crippen LogP contribution < -0.4 is 0 Å². The Balaban J connectivity index is 2.32. The molecule has 1 heteroatoms. The van der Waals surface area contributed by atoms with Crippen LogP contribution in [-0.2, 0) is 0 Å². The van der Waals surface area contributed by atoms with Crippen LogP contribution in [0.5, 0.6) is 0 Å². The van der Waals surface area contributed by atoms with Gasteiger partial charge in [0.05, 0.1) is 0 Å². The molecule has 78 valence electrons. The summed E-state index contributed by atoms with van der Waals surface area (Å²) in [6.07, 6.45) is 11.7. The predicted octanol–water partition coefficient (Wildman–Crippen LogP) is 4.77. The maximum atomic E-state index is 3.59. The van der Waals surface area contributed by atoms with Crippen molar-refractivity contribution in [1.29, 1.82) is 0 Å². The Kier molecular flexibility index (Phi) is 6.10. The molecule has 0 aromatic rings. The topological polar surface area (TPSA) is 0 Å². The fraction of sp³-hybridized carbons (Fsp3) is 1.00. The highest BCUT2D eigenvalue weighted by Gasteiger charge is 2.21. The summed E-state index contributed by atoms with van der Waals surface area (Å²) in [7, 11) is 0. The molecule has 1 aliphatic carbocycles. The number of rotatable bonds is 5. The molecule has 0 aromatic heterocycles. The molecule has 13 heavy (non-hydrogen) atoms. The van der Waals surface area contributed by atoms with Crippen molar-refractivity contribution in [1.82, 2.24) is 0 Å². The number of halogens is 1. The maximum absolute atomic E-state index is 3.59. The van der Waals surface area contributed by atoms with E-state index in [1.54, 1.807) is 0 Å². The third kappa shape index (κ3) is 4.01. The molecule has 0 aliphatic heterocycles. The van der Waals surface area contributed by atoms with Gasteiger partial charge in [0, 0.05) is 5.33 Å². The summed E-state index contributed by atoms with van der Waals surface area (Å²) in [6.45, 7) is 2.32. The first-order valence-corrected chi connectivity index (χ1v) is 7.06. The molecule has 0 saturated heterocycles. The molecular formula is C12H23Br. The van der Waals surface area contributed by atoms with E-state index in [1.807, 2.05) is 0 Å². The van der Waals surface area contributed by atoms with Crippen LogP contribution in [0.1, 0.15) is 58.3 Å². The summed E-state index contributed by atoms with van der Waals surface area (Å²) in [5.74, 6) is 2.08. The van der Waals surface area contributed by atoms with Gasteiger partial charge in [-0.1, -0.05) is 67.8 Å². The van der Waals surface area contributed by atoms with Crippen molar-refractivity contribution < 1.29 is 0 Å². The summed E-state index contributed by atoms with van der Waals surface area (Å²) >= 11 is 3.59. The third-order valence-electron chi connectivity index (χ3n) is 3.46. The van der Waals surface area contributed by atoms with E-state index in [0.717, 1.165) is 11.8 Å². The molecule has 0 heterocycles. The van der Waals surface area contributed by atoms with E-state index in [9.17, 15) is 0 Å². The second kappa shape index (κ2) is 6.86. The van der Waals surface area contributed by atoms with E-state index < -0.39 is 0 Å². The first-order valence-electron chi connectivity index (χ1n) is 5.94. The molecule has 0 unspecified atom stereocenters. The predicted molar refractivity (Wildman–Crippen MR) is 63.4 cm³/mol. The average Bonchev–Trinajstić information content (AvgIpc) is 2.19. The van der Waals surface area contributed by atoms with Crippen molar-refractivity contribution in [2.75, 3.05) is 5.33 Å². The minimum Gasteiger partial charge on any atom is -0.0928 e. The lowest BCUT2D eigenvalue weighted by Crippen LogP contribution is -2.18. The molecule has 1 fully saturated rings. The molecule has 1 atom stereocenters. The van der Waals surface area contributed by atoms with Crippen molar-refractivity contribution in [3.63, 3.8) is 0 Å². The van der Waals surface area contributed by atoms with Gasteiger partial charge in [-0.15, -0.1) is 0 Å². The van der Waals surface area contributed by atoms with Crippen LogP contribution in [0, 0.1) is 11.8 Å². The van der Waals surface area contributed by atoms with Crippen LogP contribution in [0.25, 0.3) is 0 Å². The molecule has 0 bridgehead atoms. The molecular weight excluding hydrogens is 224 g/mol. The Hall–Kier alpha value is 0.480. The average molecular weight is 247 g/mol. The van der Waals surface area contributed by atoms with Crippen molar-refractivity contribution in [2.45, 2.75) is 58.3 Å². The normalized spacial score (nSPS) is 21.7. The van der Waals surface area contributed by atoms with Crippen molar-refractivity contribution in [3.8, 4) is 0 Å². The maximum Gasteiger partial charge on any atom is 0.00340 e. The van der Waals surface area contributed by atoms with Gasteiger partial charge in [-0.05, 0) is 18.3 Å². The highest BCUT2D eigenvalue weighted by atomic mass is 79.9. The SMILES string of the molecule is CCC[C@H](CCBr)C1CCCCC1. The second-order valence-corrected chi connectivity index (χ2v) is 5.22. The van der Waals surface area contributed by atoms with Crippen LogP contribution in [-0.4, -0.2) is 5.33 Å². The lowest BCUT2D eigenvalue weighted by Gasteiger charge is -2.29. The largest absolute Gasteiger partial charge is 0.0928 e. The minimum absolute atomic E-state index is 1.02. The van der Waals surface area contributed by atoms with E-state index in [0.29, 0.717) is 0 Å². The highest BCUT2D eigenvalue weighted by molar-refractivity contribution is 9.09. The molecule has 1 rings (SSSR count). The quantitative estimate of drug-likeness (QED) is 0.614. The van der Waals surface area contributed by atoms with Gasteiger partial charge in [0.15, 0.2) is 0 Å². The molecule has 1 aliphatic rings. The number of alkyl halides is 1. The van der Waals surface area contributed by atoms with Crippen molar-refractivity contribution in [2.24, 2.45) is 11.8 Å². The van der Waals surface area contributed by atoms with E-state index in [-0.39, 0.29) is 0 Å². The zero-order chi connectivity index (χ0) is 9.52. The second-order valence-electron chi connectivity index (χ2n) is 4.42. The number of hydrogen-bond donors (Lipinski definition) is 0. The fourth-order valence-electron chi connectivity index (χ4n) is 2.73. The van der Waals surface area contributed by atoms with Gasteiger partial charge in [0.25, 0.3) is 0 Å². The Labute approximate surface area is 91.6 Å². The van der Waals surface area contributed by atoms with Crippen LogP contribution in [0.15, 0.2) is 0 Å². The summed E-state index contributed by atoms with van der Waals surface area (Å²) < 4.78 is 0. The fourth-order valence-corrected chi connectivity index (χ4v) is 3.32. The molecule has 0 aromatic carbocycles. The third-order valence-corrected chi connectivity index (χ3v) is 3.91. The molecule has 0 radical (unpaired) electrons. The van der Waals surface area contributed by atoms with Gasteiger partial charge in [-0.2, -0.15) is 0 Å². The van der Waals surface area contributed by atoms with Gasteiger partial charge in [-0.3, -0.25) is 0 Å². The minimum atomic E-state index is 1.02. The monoisotopic (exact) mass is 246 g/mol. The van der Waals surface area contributed by atoms with Crippen LogP contribution in [0.4, 0.5) is 0 Å². The first-order chi connectivity index (χ1) is 6.38. The summed E-state index contributed by atoms with van der Waals surface area (Å²) in [6, 6.07) is 0. The van der Waals surface area contributed by atoms with Gasteiger partial charge >= 0.3 is 0 Å². The highest BCUT2D eigenvalue weighted by Crippen LogP contribution is 2.34.